The van der Waals surface area contributed by atoms with Crippen LogP contribution in [0, 0.1) is 0 Å². The number of nitrogens with one attached hydrogen (secondary N) is 2. The second-order valence-corrected chi connectivity index (χ2v) is 7.08. The van der Waals surface area contributed by atoms with Crippen molar-refractivity contribution in [2.75, 3.05) is 4.90 Å². The normalized spacial score (nSPS) is 14.2. The molecule has 172 valence electrons. The van der Waals surface area contributed by atoms with Crippen LogP contribution in [0.25, 0.3) is 11.8 Å². The topological polar surface area (TPSA) is 142 Å². The number of barbiturate groups is 1. The highest BCUT2D eigenvalue weighted by atomic mass is 16.3. The van der Waals surface area contributed by atoms with Gasteiger partial charge in [-0.2, -0.15) is 0 Å². The molecule has 0 aliphatic carbocycles. The predicted octanol–water partition coefficient (Wildman–Crippen LogP) is 1.76. The number of nitrogens with zero attached hydrogens (tertiary/aromatic N) is 2. The summed E-state index contributed by atoms with van der Waals surface area (Å²) in [4.78, 5) is 64.9. The van der Waals surface area contributed by atoms with Crippen molar-refractivity contribution in [3.05, 3.63) is 116 Å². The summed E-state index contributed by atoms with van der Waals surface area (Å²) in [5, 5.41) is 12.1. The maximum Gasteiger partial charge on any atom is 0.335 e. The van der Waals surface area contributed by atoms with Gasteiger partial charge in [-0.1, -0.05) is 47.9 Å². The molecule has 0 radical (unpaired) electrons. The van der Waals surface area contributed by atoms with Gasteiger partial charge in [0.2, 0.25) is 5.88 Å². The Morgan fingerprint density at radius 1 is 0.829 bits per heavy atom. The molecule has 0 unspecified atom stereocenters. The number of aromatic hydroxyl groups is 1. The van der Waals surface area contributed by atoms with Crippen molar-refractivity contribution >= 4 is 29.6 Å². The van der Waals surface area contributed by atoms with Crippen LogP contribution in [0.15, 0.2) is 99.4 Å². The van der Waals surface area contributed by atoms with Gasteiger partial charge in [0, 0.05) is 6.08 Å². The number of urea groups is 1. The summed E-state index contributed by atoms with van der Waals surface area (Å²) in [6, 6.07) is 15.3. The second kappa shape index (κ2) is 9.60. The van der Waals surface area contributed by atoms with E-state index in [2.05, 4.69) is 21.8 Å². The standard InChI is InChI=1S/C25H16N4O6/c30-20-18(22(32)28(24(34)26-20)16-10-4-1-5-11-16)14-8-3-9-15-19-21(31)27-25(35)29(23(19)33)17-12-6-2-7-13-17/h1-2,4-8,10-15,31H,(H,27,35)(H,26,30,34). The Labute approximate surface area is 197 Å². The summed E-state index contributed by atoms with van der Waals surface area (Å²) < 4.78 is 0.846. The molecule has 0 spiro atoms. The minimum Gasteiger partial charge on any atom is -0.494 e. The Morgan fingerprint density at radius 2 is 1.46 bits per heavy atom. The third kappa shape index (κ3) is 4.55. The van der Waals surface area contributed by atoms with Crippen LogP contribution in [0.3, 0.4) is 0 Å². The Kier molecular flexibility index (Phi) is 6.24. The van der Waals surface area contributed by atoms with Crippen LogP contribution in [-0.4, -0.2) is 32.5 Å². The Balaban J connectivity index is 1.67. The number of benzene rings is 2. The molecule has 35 heavy (non-hydrogen) atoms. The molecule has 3 aromatic rings. The summed E-state index contributed by atoms with van der Waals surface area (Å²) in [5.74, 6) is -2.35. The minimum absolute atomic E-state index is 0.255. The van der Waals surface area contributed by atoms with Crippen LogP contribution in [0.5, 0.6) is 5.88 Å². The molecule has 3 N–H and O–H groups in total. The number of hydrogen-bond donors (Lipinski definition) is 3. The van der Waals surface area contributed by atoms with E-state index in [9.17, 15) is 29.1 Å². The maximum absolute atomic E-state index is 12.7. The fourth-order valence-corrected chi connectivity index (χ4v) is 3.26. The molecule has 2 heterocycles. The number of allylic oxidation sites excluding steroid dienone is 2. The molecule has 0 bridgehead atoms. The van der Waals surface area contributed by atoms with Crippen LogP contribution in [-0.2, 0) is 9.59 Å². The average molecular weight is 468 g/mol. The number of anilines is 1. The number of hydrogen-bond acceptors (Lipinski definition) is 6. The first-order chi connectivity index (χ1) is 16.9. The van der Waals surface area contributed by atoms with E-state index in [1.165, 1.54) is 6.08 Å². The molecule has 1 aliphatic heterocycles. The predicted molar refractivity (Wildman–Crippen MR) is 126 cm³/mol. The van der Waals surface area contributed by atoms with Gasteiger partial charge in [-0.3, -0.25) is 24.7 Å². The monoisotopic (exact) mass is 468 g/mol. The van der Waals surface area contributed by atoms with Crippen molar-refractivity contribution in [1.29, 1.82) is 0 Å². The Hall–Kier alpha value is -5.43. The molecular weight excluding hydrogens is 452 g/mol. The van der Waals surface area contributed by atoms with Gasteiger partial charge in [-0.05, 0) is 36.4 Å². The molecule has 2 aromatic carbocycles. The minimum atomic E-state index is -0.877. The molecular formula is C25H16N4O6. The van der Waals surface area contributed by atoms with E-state index < -0.39 is 35.0 Å². The number of carbonyl (C=O) groups is 3. The highest BCUT2D eigenvalue weighted by molar-refractivity contribution is 6.37. The lowest BCUT2D eigenvalue weighted by atomic mass is 10.1. The number of imide groups is 2. The molecule has 1 fully saturated rings. The van der Waals surface area contributed by atoms with E-state index in [0.29, 0.717) is 5.69 Å². The lowest BCUT2D eigenvalue weighted by Gasteiger charge is -2.26. The van der Waals surface area contributed by atoms with Crippen LogP contribution in [0.1, 0.15) is 5.56 Å². The van der Waals surface area contributed by atoms with Crippen molar-refractivity contribution in [3.8, 4) is 11.6 Å². The van der Waals surface area contributed by atoms with Crippen LogP contribution in [0.4, 0.5) is 10.5 Å². The van der Waals surface area contributed by atoms with Gasteiger partial charge in [-0.15, -0.1) is 0 Å². The molecule has 0 atom stereocenters. The van der Waals surface area contributed by atoms with E-state index in [1.54, 1.807) is 60.7 Å². The van der Waals surface area contributed by atoms with Crippen molar-refractivity contribution in [2.45, 2.75) is 0 Å². The van der Waals surface area contributed by atoms with E-state index in [1.807, 2.05) is 0 Å². The molecule has 0 saturated carbocycles. The zero-order chi connectivity index (χ0) is 24.9. The van der Waals surface area contributed by atoms with Crippen molar-refractivity contribution in [3.63, 3.8) is 0 Å². The van der Waals surface area contributed by atoms with Crippen molar-refractivity contribution < 1.29 is 19.5 Å². The highest BCUT2D eigenvalue weighted by Gasteiger charge is 2.36. The molecule has 4 amide bonds. The van der Waals surface area contributed by atoms with Crippen LogP contribution >= 0.6 is 0 Å². The van der Waals surface area contributed by atoms with E-state index in [0.717, 1.165) is 21.6 Å². The number of amides is 4. The summed E-state index contributed by atoms with van der Waals surface area (Å²) in [6.45, 7) is 0. The number of H-pyrrole nitrogens is 1. The number of para-hydroxylation sites is 2. The summed E-state index contributed by atoms with van der Waals surface area (Å²) >= 11 is 0. The number of carbonyl (C=O) groups excluding carboxylic acids is 3. The van der Waals surface area contributed by atoms with Gasteiger partial charge >= 0.3 is 11.7 Å². The van der Waals surface area contributed by atoms with E-state index in [4.69, 9.17) is 0 Å². The Bertz CT molecular complexity index is 1590. The van der Waals surface area contributed by atoms with Gasteiger partial charge in [0.1, 0.15) is 11.1 Å². The molecule has 1 aliphatic rings. The average Bonchev–Trinajstić information content (AvgIpc) is 2.83. The lowest BCUT2D eigenvalue weighted by molar-refractivity contribution is -0.122. The van der Waals surface area contributed by atoms with Crippen molar-refractivity contribution in [1.82, 2.24) is 14.9 Å². The number of aromatic amines is 1. The van der Waals surface area contributed by atoms with Gasteiger partial charge in [-0.25, -0.2) is 19.1 Å². The number of rotatable bonds is 4. The fraction of sp³-hybridized carbons (Fsp3) is 0. The first-order valence-corrected chi connectivity index (χ1v) is 10.1. The lowest BCUT2D eigenvalue weighted by Crippen LogP contribution is -2.54. The van der Waals surface area contributed by atoms with Gasteiger partial charge in [0.05, 0.1) is 11.4 Å². The highest BCUT2D eigenvalue weighted by Crippen LogP contribution is 2.19. The summed E-state index contributed by atoms with van der Waals surface area (Å²) in [6.07, 6.45) is 3.40. The second-order valence-electron chi connectivity index (χ2n) is 7.08. The van der Waals surface area contributed by atoms with Gasteiger partial charge < -0.3 is 5.11 Å². The zero-order valence-electron chi connectivity index (χ0n) is 17.9. The molecule has 10 nitrogen and oxygen atoms in total. The van der Waals surface area contributed by atoms with Crippen LogP contribution in [0.2, 0.25) is 0 Å². The molecule has 1 aromatic heterocycles. The van der Waals surface area contributed by atoms with E-state index in [-0.39, 0.29) is 16.8 Å². The largest absolute Gasteiger partial charge is 0.494 e. The smallest absolute Gasteiger partial charge is 0.335 e. The van der Waals surface area contributed by atoms with Crippen LogP contribution < -0.4 is 21.5 Å². The third-order valence-corrected chi connectivity index (χ3v) is 4.88. The SMILES string of the molecule is O=C1NC(=O)N(c2ccccc2)C(=O)C1=CC=C=C=Cc1c(O)[nH]c(=O)n(-c2ccccc2)c1=O. The first-order valence-electron chi connectivity index (χ1n) is 10.1. The Morgan fingerprint density at radius 3 is 2.11 bits per heavy atom. The maximum atomic E-state index is 12.7. The molecule has 10 heteroatoms. The fourth-order valence-electron chi connectivity index (χ4n) is 3.26. The third-order valence-electron chi connectivity index (χ3n) is 4.88. The zero-order valence-corrected chi connectivity index (χ0v) is 17.9. The van der Waals surface area contributed by atoms with Gasteiger partial charge in [0.15, 0.2) is 0 Å². The first kappa shape index (κ1) is 22.8. The number of aromatic nitrogens is 2. The molecule has 4 rings (SSSR count). The van der Waals surface area contributed by atoms with Gasteiger partial charge in [0.25, 0.3) is 17.4 Å². The summed E-state index contributed by atoms with van der Waals surface area (Å²) in [5.41, 5.74) is 3.44. The molecule has 1 saturated heterocycles. The quantitative estimate of drug-likeness (QED) is 0.303. The van der Waals surface area contributed by atoms with E-state index >= 15 is 0 Å². The summed E-state index contributed by atoms with van der Waals surface area (Å²) in [7, 11) is 0. The van der Waals surface area contributed by atoms with Crippen molar-refractivity contribution in [2.24, 2.45) is 0 Å².